The number of carbonyl (C=O) groups is 1. The smallest absolute Gasteiger partial charge is 0.259 e. The summed E-state index contributed by atoms with van der Waals surface area (Å²) in [6, 6.07) is 9.21. The van der Waals surface area contributed by atoms with Crippen molar-refractivity contribution in [2.24, 2.45) is 0 Å². The van der Waals surface area contributed by atoms with E-state index in [9.17, 15) is 4.79 Å². The lowest BCUT2D eigenvalue weighted by Crippen LogP contribution is -2.48. The van der Waals surface area contributed by atoms with Crippen LogP contribution in [0.3, 0.4) is 0 Å². The van der Waals surface area contributed by atoms with Crippen LogP contribution >= 0.6 is 11.6 Å². The van der Waals surface area contributed by atoms with Gasteiger partial charge < -0.3 is 14.2 Å². The molecule has 1 aliphatic rings. The van der Waals surface area contributed by atoms with E-state index in [4.69, 9.17) is 21.3 Å². The van der Waals surface area contributed by atoms with Crippen molar-refractivity contribution in [1.29, 1.82) is 5.26 Å². The first-order valence-corrected chi connectivity index (χ1v) is 8.59. The molecule has 3 aromatic rings. The number of halogens is 1. The Balaban J connectivity index is 1.50. The highest BCUT2D eigenvalue weighted by Gasteiger charge is 2.25. The normalized spacial score (nSPS) is 14.5. The van der Waals surface area contributed by atoms with Gasteiger partial charge in [0.05, 0.1) is 17.9 Å². The van der Waals surface area contributed by atoms with Crippen molar-refractivity contribution >= 4 is 34.2 Å². The third-order valence-corrected chi connectivity index (χ3v) is 4.75. The number of hydrogen-bond acceptors (Lipinski definition) is 5. The van der Waals surface area contributed by atoms with Crippen LogP contribution in [0.25, 0.3) is 11.0 Å². The summed E-state index contributed by atoms with van der Waals surface area (Å²) in [5.41, 5.74) is 2.48. The number of carbonyl (C=O) groups excluding carboxylic acids is 1. The molecule has 2 aromatic heterocycles. The van der Waals surface area contributed by atoms with Crippen molar-refractivity contribution in [2.45, 2.75) is 0 Å². The first-order valence-electron chi connectivity index (χ1n) is 8.22. The number of pyridine rings is 1. The summed E-state index contributed by atoms with van der Waals surface area (Å²) in [6.45, 7) is 2.48. The lowest BCUT2D eigenvalue weighted by molar-refractivity contribution is 0.0747. The summed E-state index contributed by atoms with van der Waals surface area (Å²) >= 11 is 6.09. The third kappa shape index (κ3) is 2.98. The molecule has 1 aromatic carbocycles. The van der Waals surface area contributed by atoms with Crippen LogP contribution in [0.4, 0.5) is 5.69 Å². The van der Waals surface area contributed by atoms with Crippen LogP contribution in [-0.4, -0.2) is 42.0 Å². The summed E-state index contributed by atoms with van der Waals surface area (Å²) in [4.78, 5) is 20.9. The number of rotatable bonds is 2. The largest absolute Gasteiger partial charge is 0.463 e. The van der Waals surface area contributed by atoms with Crippen molar-refractivity contribution in [3.8, 4) is 6.07 Å². The lowest BCUT2D eigenvalue weighted by Gasteiger charge is -2.36. The number of nitrogens with zero attached hydrogens (tertiary/aromatic N) is 4. The van der Waals surface area contributed by atoms with Gasteiger partial charge in [0.2, 0.25) is 0 Å². The molecule has 0 radical (unpaired) electrons. The van der Waals surface area contributed by atoms with E-state index in [1.54, 1.807) is 35.7 Å². The number of nitriles is 1. The van der Waals surface area contributed by atoms with Gasteiger partial charge in [0, 0.05) is 54.7 Å². The summed E-state index contributed by atoms with van der Waals surface area (Å²) in [6.07, 6.45) is 4.79. The van der Waals surface area contributed by atoms with E-state index in [0.29, 0.717) is 47.9 Å². The molecule has 0 bridgehead atoms. The Hall–Kier alpha value is -3.04. The number of aromatic nitrogens is 1. The molecule has 7 heteroatoms. The number of furan rings is 1. The number of hydrogen-bond donors (Lipinski definition) is 0. The maximum Gasteiger partial charge on any atom is 0.259 e. The maximum atomic E-state index is 12.9. The average molecular weight is 367 g/mol. The first-order chi connectivity index (χ1) is 12.7. The molecule has 130 valence electrons. The molecule has 0 N–H and O–H groups in total. The monoisotopic (exact) mass is 366 g/mol. The van der Waals surface area contributed by atoms with Crippen molar-refractivity contribution in [1.82, 2.24) is 9.88 Å². The average Bonchev–Trinajstić information content (AvgIpc) is 3.16. The van der Waals surface area contributed by atoms with Gasteiger partial charge in [0.15, 0.2) is 0 Å². The Morgan fingerprint density at radius 3 is 2.77 bits per heavy atom. The Bertz CT molecular complexity index is 1020. The zero-order chi connectivity index (χ0) is 18.1. The van der Waals surface area contributed by atoms with Gasteiger partial charge >= 0.3 is 0 Å². The molecule has 3 heterocycles. The van der Waals surface area contributed by atoms with E-state index in [1.807, 2.05) is 12.1 Å². The second kappa shape index (κ2) is 6.70. The number of fused-ring (bicyclic) bond motifs is 1. The zero-order valence-electron chi connectivity index (χ0n) is 13.9. The molecular weight excluding hydrogens is 352 g/mol. The topological polar surface area (TPSA) is 73.4 Å². The molecule has 6 nitrogen and oxygen atoms in total. The second-order valence-electron chi connectivity index (χ2n) is 6.12. The van der Waals surface area contributed by atoms with Gasteiger partial charge in [-0.05, 0) is 24.3 Å². The van der Waals surface area contributed by atoms with Gasteiger partial charge in [0.1, 0.15) is 11.1 Å². The molecule has 0 aliphatic carbocycles. The van der Waals surface area contributed by atoms with Gasteiger partial charge in [-0.15, -0.1) is 0 Å². The van der Waals surface area contributed by atoms with Crippen LogP contribution < -0.4 is 4.90 Å². The van der Waals surface area contributed by atoms with Crippen LogP contribution in [0.1, 0.15) is 15.9 Å². The summed E-state index contributed by atoms with van der Waals surface area (Å²) in [5, 5.41) is 10.5. The molecule has 1 fully saturated rings. The van der Waals surface area contributed by atoms with E-state index in [1.165, 1.54) is 0 Å². The van der Waals surface area contributed by atoms with Gasteiger partial charge in [0.25, 0.3) is 5.91 Å². The standard InChI is InChI=1S/C19H15ClN4O2/c20-15-7-13(10-21)8-16(9-15)23-2-4-24(5-3-23)19(25)17-12-22-11-14-1-6-26-18(14)17/h1,6-9,11-12H,2-5H2. The fourth-order valence-electron chi connectivity index (χ4n) is 3.20. The quantitative estimate of drug-likeness (QED) is 0.695. The molecule has 4 rings (SSSR count). The number of piperazine rings is 1. The Labute approximate surface area is 155 Å². The highest BCUT2D eigenvalue weighted by Crippen LogP contribution is 2.25. The molecule has 1 amide bonds. The van der Waals surface area contributed by atoms with Crippen molar-refractivity contribution in [2.75, 3.05) is 31.1 Å². The number of benzene rings is 1. The second-order valence-corrected chi connectivity index (χ2v) is 6.55. The maximum absolute atomic E-state index is 12.9. The molecule has 0 atom stereocenters. The predicted molar refractivity (Wildman–Crippen MR) is 98.3 cm³/mol. The van der Waals surface area contributed by atoms with Gasteiger partial charge in [-0.1, -0.05) is 11.6 Å². The van der Waals surface area contributed by atoms with Crippen molar-refractivity contribution < 1.29 is 9.21 Å². The Morgan fingerprint density at radius 2 is 2.00 bits per heavy atom. The van der Waals surface area contributed by atoms with E-state index in [-0.39, 0.29) is 5.91 Å². The van der Waals surface area contributed by atoms with Crippen molar-refractivity contribution in [3.63, 3.8) is 0 Å². The molecule has 0 saturated carbocycles. The predicted octanol–water partition coefficient (Wildman–Crippen LogP) is 3.32. The zero-order valence-corrected chi connectivity index (χ0v) is 14.6. The van der Waals surface area contributed by atoms with Crippen LogP contribution in [0.15, 0.2) is 47.3 Å². The molecule has 1 aliphatic heterocycles. The van der Waals surface area contributed by atoms with Crippen molar-refractivity contribution in [3.05, 3.63) is 59.1 Å². The number of anilines is 1. The van der Waals surface area contributed by atoms with Crippen LogP contribution in [0.2, 0.25) is 5.02 Å². The minimum atomic E-state index is -0.0819. The minimum absolute atomic E-state index is 0.0819. The fourth-order valence-corrected chi connectivity index (χ4v) is 3.43. The van der Waals surface area contributed by atoms with Gasteiger partial charge in [-0.2, -0.15) is 5.26 Å². The van der Waals surface area contributed by atoms with E-state index in [0.717, 1.165) is 11.1 Å². The van der Waals surface area contributed by atoms with Crippen LogP contribution in [-0.2, 0) is 0 Å². The van der Waals surface area contributed by atoms with Crippen LogP contribution in [0.5, 0.6) is 0 Å². The molecule has 0 unspecified atom stereocenters. The highest BCUT2D eigenvalue weighted by atomic mass is 35.5. The molecular formula is C19H15ClN4O2. The number of amides is 1. The summed E-state index contributed by atoms with van der Waals surface area (Å²) in [5.74, 6) is -0.0819. The van der Waals surface area contributed by atoms with Gasteiger partial charge in [-0.3, -0.25) is 9.78 Å². The first kappa shape index (κ1) is 16.4. The van der Waals surface area contributed by atoms with Gasteiger partial charge in [-0.25, -0.2) is 0 Å². The summed E-state index contributed by atoms with van der Waals surface area (Å²) in [7, 11) is 0. The Kier molecular flexibility index (Phi) is 4.23. The van der Waals surface area contributed by atoms with E-state index < -0.39 is 0 Å². The van der Waals surface area contributed by atoms with Crippen LogP contribution in [0, 0.1) is 11.3 Å². The molecule has 0 spiro atoms. The Morgan fingerprint density at radius 1 is 1.19 bits per heavy atom. The lowest BCUT2D eigenvalue weighted by atomic mass is 10.1. The SMILES string of the molecule is N#Cc1cc(Cl)cc(N2CCN(C(=O)c3cncc4ccoc34)CC2)c1. The third-order valence-electron chi connectivity index (χ3n) is 4.53. The minimum Gasteiger partial charge on any atom is -0.463 e. The summed E-state index contributed by atoms with van der Waals surface area (Å²) < 4.78 is 5.45. The van der Waals surface area contributed by atoms with E-state index in [2.05, 4.69) is 16.0 Å². The molecule has 1 saturated heterocycles. The fraction of sp³-hybridized carbons (Fsp3) is 0.211. The van der Waals surface area contributed by atoms with E-state index >= 15 is 0 Å². The highest BCUT2D eigenvalue weighted by molar-refractivity contribution is 6.31. The molecule has 26 heavy (non-hydrogen) atoms.